The van der Waals surface area contributed by atoms with Gasteiger partial charge in [-0.25, -0.2) is 9.50 Å². The van der Waals surface area contributed by atoms with Crippen molar-refractivity contribution >= 4 is 27.3 Å². The molecule has 2 aromatic heterocycles. The number of rotatable bonds is 2. The van der Waals surface area contributed by atoms with Crippen LogP contribution in [0.2, 0.25) is 0 Å². The first-order valence-electron chi connectivity index (χ1n) is 5.95. The second-order valence-electron chi connectivity index (χ2n) is 5.71. The predicted octanol–water partition coefficient (Wildman–Crippen LogP) is 1.92. The fraction of sp³-hybridized carbons (Fsp3) is 0.500. The summed E-state index contributed by atoms with van der Waals surface area (Å²) in [7, 11) is 0. The lowest BCUT2D eigenvalue weighted by atomic mass is 9.84. The highest BCUT2D eigenvalue weighted by molar-refractivity contribution is 9.10. The van der Waals surface area contributed by atoms with E-state index in [0.29, 0.717) is 11.2 Å². The highest BCUT2D eigenvalue weighted by Gasteiger charge is 2.34. The van der Waals surface area contributed by atoms with Crippen LogP contribution in [0.1, 0.15) is 19.4 Å². The summed E-state index contributed by atoms with van der Waals surface area (Å²) in [6.07, 6.45) is 1.48. The van der Waals surface area contributed by atoms with Gasteiger partial charge in [-0.15, -0.1) is 0 Å². The van der Waals surface area contributed by atoms with Crippen LogP contribution < -0.4 is 5.73 Å². The molecule has 2 N–H and O–H groups in total. The Morgan fingerprint density at radius 1 is 1.44 bits per heavy atom. The van der Waals surface area contributed by atoms with E-state index in [1.165, 1.54) is 11.9 Å². The first-order chi connectivity index (χ1) is 8.46. The zero-order chi connectivity index (χ0) is 12.9. The molecule has 2 aromatic rings. The maximum atomic E-state index is 5.95. The number of hydrogen-bond acceptors (Lipinski definition) is 4. The van der Waals surface area contributed by atoms with Gasteiger partial charge in [-0.3, -0.25) is 4.90 Å². The normalized spacial score (nSPS) is 19.1. The summed E-state index contributed by atoms with van der Waals surface area (Å²) in [6, 6.07) is 2.08. The maximum absolute atomic E-state index is 5.95. The van der Waals surface area contributed by atoms with E-state index >= 15 is 0 Å². The second-order valence-corrected chi connectivity index (χ2v) is 6.52. The SMILES string of the molecule is CC1(C)CN(Cc2cc(Br)n3ncnc(N)c23)C1. The average Bonchev–Trinajstić information content (AvgIpc) is 2.55. The van der Waals surface area contributed by atoms with Crippen molar-refractivity contribution in [2.45, 2.75) is 20.4 Å². The van der Waals surface area contributed by atoms with Gasteiger partial charge >= 0.3 is 0 Å². The molecule has 0 radical (unpaired) electrons. The fourth-order valence-corrected chi connectivity index (χ4v) is 3.29. The number of nitrogen functional groups attached to an aromatic ring is 1. The molecule has 3 heterocycles. The van der Waals surface area contributed by atoms with E-state index in [0.717, 1.165) is 29.8 Å². The molecule has 1 fully saturated rings. The van der Waals surface area contributed by atoms with E-state index in [1.807, 2.05) is 0 Å². The monoisotopic (exact) mass is 309 g/mol. The van der Waals surface area contributed by atoms with Gasteiger partial charge in [-0.1, -0.05) is 13.8 Å². The molecule has 3 rings (SSSR count). The number of aromatic nitrogens is 3. The van der Waals surface area contributed by atoms with E-state index in [1.54, 1.807) is 4.52 Å². The van der Waals surface area contributed by atoms with Gasteiger partial charge in [0, 0.05) is 19.6 Å². The van der Waals surface area contributed by atoms with Gasteiger partial charge in [-0.2, -0.15) is 5.10 Å². The van der Waals surface area contributed by atoms with E-state index in [4.69, 9.17) is 5.73 Å². The van der Waals surface area contributed by atoms with Crippen LogP contribution in [-0.2, 0) is 6.54 Å². The molecule has 0 amide bonds. The third-order valence-corrected chi connectivity index (χ3v) is 3.88. The Kier molecular flexibility index (Phi) is 2.60. The van der Waals surface area contributed by atoms with Crippen molar-refractivity contribution in [1.82, 2.24) is 19.5 Å². The number of nitrogens with two attached hydrogens (primary N) is 1. The van der Waals surface area contributed by atoms with Crippen LogP contribution in [-0.4, -0.2) is 32.6 Å². The molecule has 1 aliphatic heterocycles. The second kappa shape index (κ2) is 3.93. The van der Waals surface area contributed by atoms with Crippen LogP contribution in [0.4, 0.5) is 5.82 Å². The number of hydrogen-bond donors (Lipinski definition) is 1. The first kappa shape index (κ1) is 11.9. The molecule has 0 saturated carbocycles. The Hall–Kier alpha value is -1.14. The van der Waals surface area contributed by atoms with Crippen LogP contribution in [0.3, 0.4) is 0 Å². The molecule has 0 aliphatic carbocycles. The minimum Gasteiger partial charge on any atom is -0.382 e. The molecule has 0 bridgehead atoms. The Labute approximate surface area is 114 Å². The van der Waals surface area contributed by atoms with Crippen LogP contribution in [0.15, 0.2) is 17.0 Å². The largest absolute Gasteiger partial charge is 0.382 e. The van der Waals surface area contributed by atoms with Crippen LogP contribution in [0.5, 0.6) is 0 Å². The third kappa shape index (κ3) is 1.89. The smallest absolute Gasteiger partial charge is 0.151 e. The summed E-state index contributed by atoms with van der Waals surface area (Å²) >= 11 is 3.50. The first-order valence-corrected chi connectivity index (χ1v) is 6.74. The van der Waals surface area contributed by atoms with Crippen LogP contribution in [0, 0.1) is 5.41 Å². The fourth-order valence-electron chi connectivity index (χ4n) is 2.74. The van der Waals surface area contributed by atoms with Crippen molar-refractivity contribution in [2.24, 2.45) is 5.41 Å². The third-order valence-electron chi connectivity index (χ3n) is 3.32. The lowest BCUT2D eigenvalue weighted by Gasteiger charge is -2.45. The molecular weight excluding hydrogens is 294 g/mol. The lowest BCUT2D eigenvalue weighted by molar-refractivity contribution is 0.0246. The molecule has 1 saturated heterocycles. The number of fused-ring (bicyclic) bond motifs is 1. The summed E-state index contributed by atoms with van der Waals surface area (Å²) in [6.45, 7) is 7.71. The summed E-state index contributed by atoms with van der Waals surface area (Å²) in [5.74, 6) is 0.533. The van der Waals surface area contributed by atoms with Gasteiger partial charge in [-0.05, 0) is 33.0 Å². The summed E-state index contributed by atoms with van der Waals surface area (Å²) in [4.78, 5) is 6.48. The summed E-state index contributed by atoms with van der Waals surface area (Å²) in [5, 5.41) is 4.20. The van der Waals surface area contributed by atoms with E-state index in [-0.39, 0.29) is 0 Å². The van der Waals surface area contributed by atoms with Crippen molar-refractivity contribution in [2.75, 3.05) is 18.8 Å². The van der Waals surface area contributed by atoms with Crippen molar-refractivity contribution in [3.05, 3.63) is 22.6 Å². The number of halogens is 1. The highest BCUT2D eigenvalue weighted by atomic mass is 79.9. The number of likely N-dealkylation sites (tertiary alicyclic amines) is 1. The van der Waals surface area contributed by atoms with Crippen molar-refractivity contribution in [3.8, 4) is 0 Å². The quantitative estimate of drug-likeness (QED) is 0.920. The molecule has 96 valence electrons. The highest BCUT2D eigenvalue weighted by Crippen LogP contribution is 2.32. The molecule has 1 aliphatic rings. The minimum atomic E-state index is 0.439. The molecule has 5 nitrogen and oxygen atoms in total. The Bertz CT molecular complexity index is 596. The molecular formula is C12H16BrN5. The van der Waals surface area contributed by atoms with E-state index in [9.17, 15) is 0 Å². The van der Waals surface area contributed by atoms with E-state index in [2.05, 4.69) is 50.8 Å². The van der Waals surface area contributed by atoms with Crippen LogP contribution >= 0.6 is 15.9 Å². The molecule has 0 spiro atoms. The predicted molar refractivity (Wildman–Crippen MR) is 74.2 cm³/mol. The Balaban J connectivity index is 1.93. The molecule has 0 atom stereocenters. The van der Waals surface area contributed by atoms with Gasteiger partial charge in [0.2, 0.25) is 0 Å². The summed E-state index contributed by atoms with van der Waals surface area (Å²) in [5.41, 5.74) is 8.47. The van der Waals surface area contributed by atoms with Gasteiger partial charge in [0.25, 0.3) is 0 Å². The summed E-state index contributed by atoms with van der Waals surface area (Å²) < 4.78 is 2.71. The topological polar surface area (TPSA) is 59.5 Å². The van der Waals surface area contributed by atoms with Gasteiger partial charge in [0.15, 0.2) is 5.82 Å². The maximum Gasteiger partial charge on any atom is 0.151 e. The van der Waals surface area contributed by atoms with Crippen molar-refractivity contribution in [1.29, 1.82) is 0 Å². The van der Waals surface area contributed by atoms with E-state index < -0.39 is 0 Å². The number of nitrogens with zero attached hydrogens (tertiary/aromatic N) is 4. The lowest BCUT2D eigenvalue weighted by Crippen LogP contribution is -2.52. The van der Waals surface area contributed by atoms with Gasteiger partial charge in [0.1, 0.15) is 16.4 Å². The van der Waals surface area contributed by atoms with Gasteiger partial charge in [0.05, 0.1) is 0 Å². The zero-order valence-corrected chi connectivity index (χ0v) is 12.1. The zero-order valence-electron chi connectivity index (χ0n) is 10.5. The number of anilines is 1. The molecule has 18 heavy (non-hydrogen) atoms. The minimum absolute atomic E-state index is 0.439. The Morgan fingerprint density at radius 3 is 2.83 bits per heavy atom. The van der Waals surface area contributed by atoms with Crippen LogP contribution in [0.25, 0.3) is 5.52 Å². The molecule has 0 aromatic carbocycles. The average molecular weight is 310 g/mol. The Morgan fingerprint density at radius 2 is 2.17 bits per heavy atom. The standard InChI is InChI=1S/C12H16BrN5/c1-12(2)5-17(6-12)4-8-3-9(13)18-10(8)11(14)15-7-16-18/h3,7H,4-6H2,1-2H3,(H2,14,15,16). The van der Waals surface area contributed by atoms with Crippen molar-refractivity contribution < 1.29 is 0 Å². The molecule has 0 unspecified atom stereocenters. The molecule has 6 heteroatoms. The van der Waals surface area contributed by atoms with Gasteiger partial charge < -0.3 is 5.73 Å². The van der Waals surface area contributed by atoms with Crippen molar-refractivity contribution in [3.63, 3.8) is 0 Å².